The molecule has 0 atom stereocenters. The number of pyridine rings is 1. The number of imidazole rings is 1. The minimum Gasteiger partial charge on any atom is -0.398 e. The molecule has 3 nitrogen and oxygen atoms in total. The zero-order valence-electron chi connectivity index (χ0n) is 10.1. The number of nitrogen functional groups attached to an aromatic ring is 1. The fraction of sp³-hybridized carbons (Fsp3) is 0.0714. The summed E-state index contributed by atoms with van der Waals surface area (Å²) in [5.41, 5.74) is 8.60. The van der Waals surface area contributed by atoms with Crippen LogP contribution in [0.25, 0.3) is 5.65 Å². The fourth-order valence-corrected chi connectivity index (χ4v) is 3.10. The van der Waals surface area contributed by atoms with E-state index >= 15 is 0 Å². The monoisotopic (exact) mass is 289 g/mol. The Morgan fingerprint density at radius 1 is 1.21 bits per heavy atom. The largest absolute Gasteiger partial charge is 0.398 e. The number of hydrogen-bond acceptors (Lipinski definition) is 3. The molecule has 0 unspecified atom stereocenters. The van der Waals surface area contributed by atoms with E-state index in [1.807, 2.05) is 53.2 Å². The number of hydrogen-bond donors (Lipinski definition) is 1. The Balaban J connectivity index is 1.82. The Morgan fingerprint density at radius 2 is 2.11 bits per heavy atom. The summed E-state index contributed by atoms with van der Waals surface area (Å²) in [5.74, 6) is 0.746. The number of nitrogens with two attached hydrogens (primary N) is 1. The van der Waals surface area contributed by atoms with E-state index in [4.69, 9.17) is 17.3 Å². The molecule has 19 heavy (non-hydrogen) atoms. The number of rotatable bonds is 3. The molecule has 0 spiro atoms. The van der Waals surface area contributed by atoms with E-state index in [0.717, 1.165) is 22.0 Å². The zero-order valence-corrected chi connectivity index (χ0v) is 11.7. The summed E-state index contributed by atoms with van der Waals surface area (Å²) in [6.07, 6.45) is 4.01. The summed E-state index contributed by atoms with van der Waals surface area (Å²) < 4.78 is 2.01. The van der Waals surface area contributed by atoms with Gasteiger partial charge in [0, 0.05) is 28.7 Å². The van der Waals surface area contributed by atoms with Gasteiger partial charge < -0.3 is 10.1 Å². The van der Waals surface area contributed by atoms with Gasteiger partial charge in [0.1, 0.15) is 5.65 Å². The van der Waals surface area contributed by atoms with Crippen molar-refractivity contribution < 1.29 is 0 Å². The van der Waals surface area contributed by atoms with Crippen molar-refractivity contribution in [2.24, 2.45) is 0 Å². The lowest BCUT2D eigenvalue weighted by atomic mass is 10.3. The van der Waals surface area contributed by atoms with E-state index in [1.165, 1.54) is 0 Å². The smallest absolute Gasteiger partial charge is 0.137 e. The summed E-state index contributed by atoms with van der Waals surface area (Å²) in [5, 5.41) is 0.689. The van der Waals surface area contributed by atoms with Crippen LogP contribution in [0.2, 0.25) is 5.02 Å². The predicted octanol–water partition coefficient (Wildman–Crippen LogP) is 3.86. The molecule has 0 bridgehead atoms. The quantitative estimate of drug-likeness (QED) is 0.588. The van der Waals surface area contributed by atoms with Crippen molar-refractivity contribution in [2.75, 3.05) is 5.73 Å². The third kappa shape index (κ3) is 2.55. The van der Waals surface area contributed by atoms with Crippen LogP contribution in [0.1, 0.15) is 5.69 Å². The second-order valence-electron chi connectivity index (χ2n) is 4.15. The molecule has 2 N–H and O–H groups in total. The number of thioether (sulfide) groups is 1. The number of halogens is 1. The first-order chi connectivity index (χ1) is 9.24. The molecular formula is C14H12ClN3S. The van der Waals surface area contributed by atoms with E-state index in [9.17, 15) is 0 Å². The van der Waals surface area contributed by atoms with Gasteiger partial charge in [-0.05, 0) is 24.3 Å². The first-order valence-corrected chi connectivity index (χ1v) is 7.20. The van der Waals surface area contributed by atoms with E-state index in [2.05, 4.69) is 4.98 Å². The number of nitrogens with zero attached hydrogens (tertiary/aromatic N) is 2. The highest BCUT2D eigenvalue weighted by Crippen LogP contribution is 2.34. The van der Waals surface area contributed by atoms with Gasteiger partial charge in [-0.2, -0.15) is 0 Å². The summed E-state index contributed by atoms with van der Waals surface area (Å²) in [7, 11) is 0. The van der Waals surface area contributed by atoms with Gasteiger partial charge in [-0.25, -0.2) is 4.98 Å². The molecule has 1 aromatic carbocycles. The highest BCUT2D eigenvalue weighted by atomic mass is 35.5. The van der Waals surface area contributed by atoms with Crippen LogP contribution in [-0.4, -0.2) is 9.38 Å². The highest BCUT2D eigenvalue weighted by Gasteiger charge is 2.07. The third-order valence-corrected chi connectivity index (χ3v) is 4.39. The molecular weight excluding hydrogens is 278 g/mol. The van der Waals surface area contributed by atoms with Crippen LogP contribution in [0.5, 0.6) is 0 Å². The topological polar surface area (TPSA) is 43.3 Å². The van der Waals surface area contributed by atoms with Crippen LogP contribution in [0, 0.1) is 0 Å². The minimum absolute atomic E-state index is 0.689. The fourth-order valence-electron chi connectivity index (χ4n) is 1.88. The average molecular weight is 290 g/mol. The minimum atomic E-state index is 0.689. The molecule has 5 heteroatoms. The van der Waals surface area contributed by atoms with Gasteiger partial charge in [-0.1, -0.05) is 23.7 Å². The maximum atomic E-state index is 6.15. The second kappa shape index (κ2) is 5.15. The van der Waals surface area contributed by atoms with Gasteiger partial charge in [-0.15, -0.1) is 11.8 Å². The van der Waals surface area contributed by atoms with E-state index in [1.54, 1.807) is 11.8 Å². The molecule has 3 rings (SSSR count). The molecule has 3 aromatic rings. The summed E-state index contributed by atoms with van der Waals surface area (Å²) in [6.45, 7) is 0. The van der Waals surface area contributed by atoms with Crippen molar-refractivity contribution in [1.82, 2.24) is 9.38 Å². The standard InChI is InChI=1S/C14H12ClN3S/c15-11-4-3-5-12(16)14(11)19-9-10-8-18-7-2-1-6-13(18)17-10/h1-8H,9,16H2. The number of benzene rings is 1. The van der Waals surface area contributed by atoms with Gasteiger partial charge in [0.15, 0.2) is 0 Å². The Kier molecular flexibility index (Phi) is 3.36. The number of anilines is 1. The molecule has 0 saturated carbocycles. The molecule has 0 aliphatic carbocycles. The Bertz CT molecular complexity index is 670. The molecule has 0 radical (unpaired) electrons. The van der Waals surface area contributed by atoms with Gasteiger partial charge in [0.25, 0.3) is 0 Å². The molecule has 96 valence electrons. The van der Waals surface area contributed by atoms with Crippen LogP contribution in [-0.2, 0) is 5.75 Å². The maximum absolute atomic E-state index is 6.15. The van der Waals surface area contributed by atoms with E-state index in [0.29, 0.717) is 10.7 Å². The molecule has 2 aromatic heterocycles. The lowest BCUT2D eigenvalue weighted by Gasteiger charge is -2.05. The van der Waals surface area contributed by atoms with Crippen molar-refractivity contribution in [3.8, 4) is 0 Å². The predicted molar refractivity (Wildman–Crippen MR) is 80.6 cm³/mol. The number of aromatic nitrogens is 2. The van der Waals surface area contributed by atoms with E-state index in [-0.39, 0.29) is 0 Å². The zero-order chi connectivity index (χ0) is 13.2. The third-order valence-electron chi connectivity index (χ3n) is 2.78. The average Bonchev–Trinajstić information content (AvgIpc) is 2.81. The van der Waals surface area contributed by atoms with Crippen molar-refractivity contribution >= 4 is 34.7 Å². The van der Waals surface area contributed by atoms with E-state index < -0.39 is 0 Å². The Morgan fingerprint density at radius 3 is 2.89 bits per heavy atom. The first-order valence-electron chi connectivity index (χ1n) is 5.83. The van der Waals surface area contributed by atoms with Crippen LogP contribution in [0.15, 0.2) is 53.7 Å². The summed E-state index contributed by atoms with van der Waals surface area (Å²) in [6, 6.07) is 11.5. The molecule has 0 fully saturated rings. The number of fused-ring (bicyclic) bond motifs is 1. The molecule has 0 saturated heterocycles. The van der Waals surface area contributed by atoms with Gasteiger partial charge in [0.05, 0.1) is 10.7 Å². The van der Waals surface area contributed by atoms with Crippen molar-refractivity contribution in [3.05, 3.63) is 59.5 Å². The second-order valence-corrected chi connectivity index (χ2v) is 5.54. The maximum Gasteiger partial charge on any atom is 0.137 e. The lowest BCUT2D eigenvalue weighted by molar-refractivity contribution is 1.18. The van der Waals surface area contributed by atoms with Gasteiger partial charge in [-0.3, -0.25) is 0 Å². The Hall–Kier alpha value is -1.65. The lowest BCUT2D eigenvalue weighted by Crippen LogP contribution is -1.89. The summed E-state index contributed by atoms with van der Waals surface area (Å²) in [4.78, 5) is 5.46. The highest BCUT2D eigenvalue weighted by molar-refractivity contribution is 7.98. The van der Waals surface area contributed by atoms with Crippen molar-refractivity contribution in [3.63, 3.8) is 0 Å². The van der Waals surface area contributed by atoms with Crippen LogP contribution >= 0.6 is 23.4 Å². The van der Waals surface area contributed by atoms with Gasteiger partial charge in [0.2, 0.25) is 0 Å². The normalized spacial score (nSPS) is 11.0. The van der Waals surface area contributed by atoms with Gasteiger partial charge >= 0.3 is 0 Å². The SMILES string of the molecule is Nc1cccc(Cl)c1SCc1cn2ccccc2n1. The van der Waals surface area contributed by atoms with Crippen LogP contribution in [0.4, 0.5) is 5.69 Å². The van der Waals surface area contributed by atoms with Crippen molar-refractivity contribution in [2.45, 2.75) is 10.6 Å². The van der Waals surface area contributed by atoms with Crippen LogP contribution < -0.4 is 5.73 Å². The van der Waals surface area contributed by atoms with Crippen LogP contribution in [0.3, 0.4) is 0 Å². The van der Waals surface area contributed by atoms with Crippen molar-refractivity contribution in [1.29, 1.82) is 0 Å². The first kappa shape index (κ1) is 12.4. The molecule has 0 aliphatic rings. The Labute approximate surface area is 120 Å². The molecule has 0 amide bonds. The molecule has 0 aliphatic heterocycles. The summed E-state index contributed by atoms with van der Waals surface area (Å²) >= 11 is 7.76. The molecule has 2 heterocycles.